The fourth-order valence-electron chi connectivity index (χ4n) is 2.38. The molecule has 128 valence electrons. The lowest BCUT2D eigenvalue weighted by atomic mass is 10.1. The van der Waals surface area contributed by atoms with Crippen molar-refractivity contribution in [2.24, 2.45) is 0 Å². The smallest absolute Gasteiger partial charge is 0.344 e. The van der Waals surface area contributed by atoms with E-state index < -0.39 is 5.97 Å². The zero-order valence-electron chi connectivity index (χ0n) is 13.5. The van der Waals surface area contributed by atoms with Gasteiger partial charge in [0.05, 0.1) is 12.0 Å². The van der Waals surface area contributed by atoms with Crippen LogP contribution >= 0.6 is 11.6 Å². The fourth-order valence-corrected chi connectivity index (χ4v) is 2.51. The lowest BCUT2D eigenvalue weighted by molar-refractivity contribution is -0.145. The average Bonchev–Trinajstić information content (AvgIpc) is 2.62. The van der Waals surface area contributed by atoms with E-state index in [4.69, 9.17) is 25.5 Å². The number of ether oxygens (including phenoxy) is 2. The molecule has 0 aliphatic carbocycles. The number of benzene rings is 2. The number of halogens is 1. The van der Waals surface area contributed by atoms with Gasteiger partial charge in [-0.1, -0.05) is 23.7 Å². The van der Waals surface area contributed by atoms with Gasteiger partial charge in [0.25, 0.3) is 0 Å². The molecule has 0 N–H and O–H groups in total. The van der Waals surface area contributed by atoms with Gasteiger partial charge in [0.2, 0.25) is 11.2 Å². The Balaban J connectivity index is 2.12. The first-order valence-electron chi connectivity index (χ1n) is 7.70. The maximum Gasteiger partial charge on any atom is 0.344 e. The Morgan fingerprint density at radius 1 is 1.12 bits per heavy atom. The van der Waals surface area contributed by atoms with Crippen molar-refractivity contribution in [2.75, 3.05) is 13.2 Å². The summed E-state index contributed by atoms with van der Waals surface area (Å²) in [6.45, 7) is 1.55. The van der Waals surface area contributed by atoms with Crippen LogP contribution in [-0.4, -0.2) is 19.2 Å². The van der Waals surface area contributed by atoms with Crippen molar-refractivity contribution >= 4 is 28.5 Å². The second-order valence-electron chi connectivity index (χ2n) is 5.19. The number of rotatable bonds is 5. The molecule has 6 heteroatoms. The zero-order valence-corrected chi connectivity index (χ0v) is 14.2. The number of fused-ring (bicyclic) bond motifs is 1. The molecule has 25 heavy (non-hydrogen) atoms. The first-order chi connectivity index (χ1) is 12.1. The van der Waals surface area contributed by atoms with Crippen LogP contribution in [0, 0.1) is 0 Å². The highest BCUT2D eigenvalue weighted by molar-refractivity contribution is 6.30. The van der Waals surface area contributed by atoms with Crippen molar-refractivity contribution in [3.8, 4) is 17.1 Å². The minimum Gasteiger partial charge on any atom is -0.474 e. The van der Waals surface area contributed by atoms with Crippen LogP contribution in [0.2, 0.25) is 5.02 Å². The molecule has 2 aromatic carbocycles. The van der Waals surface area contributed by atoms with E-state index in [0.717, 1.165) is 0 Å². The Hall–Kier alpha value is -2.79. The maximum atomic E-state index is 12.8. The largest absolute Gasteiger partial charge is 0.474 e. The highest BCUT2D eigenvalue weighted by Gasteiger charge is 2.18. The number of carbonyl (C=O) groups is 1. The number of hydrogen-bond donors (Lipinski definition) is 0. The van der Waals surface area contributed by atoms with Gasteiger partial charge in [0, 0.05) is 10.6 Å². The zero-order chi connectivity index (χ0) is 17.8. The molecule has 0 saturated heterocycles. The molecule has 0 fully saturated rings. The molecule has 0 aliphatic rings. The molecule has 0 saturated carbocycles. The van der Waals surface area contributed by atoms with Gasteiger partial charge in [-0.15, -0.1) is 0 Å². The monoisotopic (exact) mass is 358 g/mol. The van der Waals surface area contributed by atoms with E-state index in [2.05, 4.69) is 0 Å². The van der Waals surface area contributed by atoms with Gasteiger partial charge in [-0.2, -0.15) is 0 Å². The Morgan fingerprint density at radius 3 is 2.56 bits per heavy atom. The van der Waals surface area contributed by atoms with Gasteiger partial charge in [0.15, 0.2) is 12.4 Å². The molecule has 0 bridgehead atoms. The van der Waals surface area contributed by atoms with Gasteiger partial charge in [-0.25, -0.2) is 4.79 Å². The van der Waals surface area contributed by atoms with E-state index >= 15 is 0 Å². The van der Waals surface area contributed by atoms with Crippen LogP contribution in [-0.2, 0) is 9.53 Å². The van der Waals surface area contributed by atoms with E-state index in [-0.39, 0.29) is 30.2 Å². The average molecular weight is 359 g/mol. The number of carbonyl (C=O) groups excluding carboxylic acids is 1. The standard InChI is InChI=1S/C19H15ClO5/c1-2-23-16(21)11-24-19-17(22)14-5-3-4-6-15(14)25-18(19)12-7-9-13(20)10-8-12/h3-10H,2,11H2,1H3. The summed E-state index contributed by atoms with van der Waals surface area (Å²) >= 11 is 5.92. The second kappa shape index (κ2) is 7.40. The molecule has 5 nitrogen and oxygen atoms in total. The van der Waals surface area contributed by atoms with Gasteiger partial charge < -0.3 is 13.9 Å². The Kier molecular flexibility index (Phi) is 5.05. The maximum absolute atomic E-state index is 12.8. The van der Waals surface area contributed by atoms with Crippen molar-refractivity contribution in [3.05, 3.63) is 63.8 Å². The third-order valence-corrected chi connectivity index (χ3v) is 3.75. The van der Waals surface area contributed by atoms with Crippen LogP contribution < -0.4 is 10.2 Å². The first-order valence-corrected chi connectivity index (χ1v) is 8.08. The van der Waals surface area contributed by atoms with Gasteiger partial charge in [0.1, 0.15) is 5.58 Å². The summed E-state index contributed by atoms with van der Waals surface area (Å²) in [5, 5.41) is 0.931. The summed E-state index contributed by atoms with van der Waals surface area (Å²) in [5.74, 6) is -0.351. The quantitative estimate of drug-likeness (QED) is 0.643. The highest BCUT2D eigenvalue weighted by Crippen LogP contribution is 2.31. The Labute approximate surface area is 148 Å². The summed E-state index contributed by atoms with van der Waals surface area (Å²) in [7, 11) is 0. The molecule has 1 heterocycles. The van der Waals surface area contributed by atoms with Gasteiger partial charge in [-0.05, 0) is 43.3 Å². The highest BCUT2D eigenvalue weighted by atomic mass is 35.5. The first kappa shape index (κ1) is 17.0. The van der Waals surface area contributed by atoms with Gasteiger partial charge in [-0.3, -0.25) is 4.79 Å². The minimum atomic E-state index is -0.558. The molecule has 0 aliphatic heterocycles. The van der Waals surface area contributed by atoms with Crippen molar-refractivity contribution < 1.29 is 18.7 Å². The van der Waals surface area contributed by atoms with Crippen LogP contribution in [0.15, 0.2) is 57.7 Å². The summed E-state index contributed by atoms with van der Waals surface area (Å²) in [6.07, 6.45) is 0. The molecule has 0 amide bonds. The minimum absolute atomic E-state index is 0.0333. The SMILES string of the molecule is CCOC(=O)COc1c(-c2ccc(Cl)cc2)oc2ccccc2c1=O. The van der Waals surface area contributed by atoms with Crippen LogP contribution in [0.4, 0.5) is 0 Å². The van der Waals surface area contributed by atoms with Crippen molar-refractivity contribution in [2.45, 2.75) is 6.92 Å². The van der Waals surface area contributed by atoms with E-state index in [1.54, 1.807) is 55.5 Å². The molecule has 3 aromatic rings. The lowest BCUT2D eigenvalue weighted by Gasteiger charge is -2.11. The van der Waals surface area contributed by atoms with Gasteiger partial charge >= 0.3 is 5.97 Å². The second-order valence-corrected chi connectivity index (χ2v) is 5.62. The molecule has 3 rings (SSSR count). The molecule has 1 aromatic heterocycles. The van der Waals surface area contributed by atoms with Crippen LogP contribution in [0.25, 0.3) is 22.3 Å². The topological polar surface area (TPSA) is 65.7 Å². The summed E-state index contributed by atoms with van der Waals surface area (Å²) in [4.78, 5) is 24.4. The third-order valence-electron chi connectivity index (χ3n) is 3.50. The fraction of sp³-hybridized carbons (Fsp3) is 0.158. The normalized spacial score (nSPS) is 10.6. The van der Waals surface area contributed by atoms with E-state index in [0.29, 0.717) is 21.6 Å². The van der Waals surface area contributed by atoms with E-state index in [1.807, 2.05) is 0 Å². The molecular weight excluding hydrogens is 344 g/mol. The van der Waals surface area contributed by atoms with E-state index in [9.17, 15) is 9.59 Å². The van der Waals surface area contributed by atoms with Crippen molar-refractivity contribution in [1.82, 2.24) is 0 Å². The molecule has 0 spiro atoms. The van der Waals surface area contributed by atoms with E-state index in [1.165, 1.54) is 0 Å². The molecule has 0 radical (unpaired) electrons. The van der Waals surface area contributed by atoms with Crippen molar-refractivity contribution in [3.63, 3.8) is 0 Å². The van der Waals surface area contributed by atoms with Crippen molar-refractivity contribution in [1.29, 1.82) is 0 Å². The summed E-state index contributed by atoms with van der Waals surface area (Å²) < 4.78 is 16.2. The summed E-state index contributed by atoms with van der Waals surface area (Å²) in [5.41, 5.74) is 0.697. The number of esters is 1. The number of hydrogen-bond acceptors (Lipinski definition) is 5. The van der Waals surface area contributed by atoms with Crippen LogP contribution in [0.5, 0.6) is 5.75 Å². The predicted molar refractivity (Wildman–Crippen MR) is 95.1 cm³/mol. The third kappa shape index (κ3) is 3.67. The Morgan fingerprint density at radius 2 is 1.84 bits per heavy atom. The Bertz CT molecular complexity index is 960. The van der Waals surface area contributed by atoms with Crippen LogP contribution in [0.3, 0.4) is 0 Å². The summed E-state index contributed by atoms with van der Waals surface area (Å²) in [6, 6.07) is 13.6. The molecule has 0 atom stereocenters. The lowest BCUT2D eigenvalue weighted by Crippen LogP contribution is -2.18. The predicted octanol–water partition coefficient (Wildman–Crippen LogP) is 4.06. The number of para-hydroxylation sites is 1. The molecular formula is C19H15ClO5. The van der Waals surface area contributed by atoms with Crippen LogP contribution in [0.1, 0.15) is 6.92 Å². The molecule has 0 unspecified atom stereocenters.